The lowest BCUT2D eigenvalue weighted by molar-refractivity contribution is 0.0643. The molecule has 0 bridgehead atoms. The molecule has 4 rings (SSSR count). The molecule has 1 saturated heterocycles. The van der Waals surface area contributed by atoms with E-state index in [-0.39, 0.29) is 11.5 Å². The Kier molecular flexibility index (Phi) is 5.62. The Hall–Kier alpha value is -3.12. The lowest BCUT2D eigenvalue weighted by Gasteiger charge is -2.22. The predicted molar refractivity (Wildman–Crippen MR) is 112 cm³/mol. The monoisotopic (exact) mass is 392 g/mol. The average Bonchev–Trinajstić information content (AvgIpc) is 2.78. The van der Waals surface area contributed by atoms with Crippen molar-refractivity contribution in [3.63, 3.8) is 0 Å². The van der Waals surface area contributed by atoms with Gasteiger partial charge in [-0.05, 0) is 37.0 Å². The summed E-state index contributed by atoms with van der Waals surface area (Å²) in [5.74, 6) is 0.800. The number of benzene rings is 2. The number of fused-ring (bicyclic) bond motifs is 1. The minimum Gasteiger partial charge on any atom is -0.495 e. The Morgan fingerprint density at radius 1 is 1.10 bits per heavy atom. The van der Waals surface area contributed by atoms with Crippen molar-refractivity contribution in [1.82, 2.24) is 9.88 Å². The van der Waals surface area contributed by atoms with E-state index in [2.05, 4.69) is 5.32 Å². The number of pyridine rings is 1. The minimum atomic E-state index is -0.189. The van der Waals surface area contributed by atoms with E-state index in [0.29, 0.717) is 40.2 Å². The summed E-state index contributed by atoms with van der Waals surface area (Å²) in [5.41, 5.74) is 0.883. The third kappa shape index (κ3) is 3.89. The van der Waals surface area contributed by atoms with Gasteiger partial charge in [0.1, 0.15) is 5.75 Å². The second kappa shape index (κ2) is 8.49. The van der Waals surface area contributed by atoms with E-state index in [1.165, 1.54) is 4.57 Å². The number of carbonyl (C=O) groups excluding carboxylic acids is 1. The van der Waals surface area contributed by atoms with Crippen molar-refractivity contribution in [3.05, 3.63) is 70.6 Å². The molecule has 0 aliphatic carbocycles. The standard InChI is InChI=1S/C23H24N2O4/c1-28-21-9-5-4-8-20(21)25-15-19(17-6-2-3-7-18(17)23(25)27)22(26)24-14-16-10-12-29-13-11-16/h2-9,15-16H,10-14H2,1H3,(H,24,26). The molecule has 1 amide bonds. The van der Waals surface area contributed by atoms with Crippen LogP contribution in [0.25, 0.3) is 16.5 Å². The highest BCUT2D eigenvalue weighted by Crippen LogP contribution is 2.24. The van der Waals surface area contributed by atoms with Crippen LogP contribution in [0.4, 0.5) is 0 Å². The predicted octanol–water partition coefficient (Wildman–Crippen LogP) is 3.16. The minimum absolute atomic E-state index is 0.184. The third-order valence-electron chi connectivity index (χ3n) is 5.41. The van der Waals surface area contributed by atoms with E-state index < -0.39 is 0 Å². The number of rotatable bonds is 5. The van der Waals surface area contributed by atoms with Crippen LogP contribution in [-0.2, 0) is 4.74 Å². The molecule has 1 fully saturated rings. The molecule has 0 atom stereocenters. The van der Waals surface area contributed by atoms with Gasteiger partial charge in [0.05, 0.1) is 18.4 Å². The fourth-order valence-electron chi connectivity index (χ4n) is 3.76. The number of para-hydroxylation sites is 2. The van der Waals surface area contributed by atoms with Gasteiger partial charge in [-0.1, -0.05) is 30.3 Å². The molecule has 0 spiro atoms. The van der Waals surface area contributed by atoms with Crippen molar-refractivity contribution in [2.24, 2.45) is 5.92 Å². The number of aromatic nitrogens is 1. The molecule has 1 aromatic heterocycles. The number of carbonyl (C=O) groups is 1. The number of methoxy groups -OCH3 is 1. The second-order valence-corrected chi connectivity index (χ2v) is 7.20. The number of amides is 1. The Bertz CT molecular complexity index is 1080. The highest BCUT2D eigenvalue weighted by atomic mass is 16.5. The largest absolute Gasteiger partial charge is 0.495 e. The number of nitrogens with zero attached hydrogens (tertiary/aromatic N) is 1. The van der Waals surface area contributed by atoms with Gasteiger partial charge in [-0.2, -0.15) is 0 Å². The maximum atomic E-state index is 13.1. The van der Waals surface area contributed by atoms with Gasteiger partial charge in [0.2, 0.25) is 0 Å². The summed E-state index contributed by atoms with van der Waals surface area (Å²) in [5, 5.41) is 4.19. The van der Waals surface area contributed by atoms with E-state index in [1.807, 2.05) is 24.3 Å². The van der Waals surface area contributed by atoms with Gasteiger partial charge in [-0.15, -0.1) is 0 Å². The van der Waals surface area contributed by atoms with Gasteiger partial charge in [0.15, 0.2) is 0 Å². The van der Waals surface area contributed by atoms with Crippen LogP contribution in [0.3, 0.4) is 0 Å². The average molecular weight is 392 g/mol. The molecule has 6 nitrogen and oxygen atoms in total. The zero-order valence-electron chi connectivity index (χ0n) is 16.4. The fraction of sp³-hybridized carbons (Fsp3) is 0.304. The van der Waals surface area contributed by atoms with Crippen LogP contribution in [-0.4, -0.2) is 37.3 Å². The Morgan fingerprint density at radius 3 is 2.55 bits per heavy atom. The van der Waals surface area contributed by atoms with E-state index in [1.54, 1.807) is 37.6 Å². The quantitative estimate of drug-likeness (QED) is 0.724. The molecule has 1 aliphatic rings. The Morgan fingerprint density at radius 2 is 1.79 bits per heavy atom. The molecule has 0 unspecified atom stereocenters. The van der Waals surface area contributed by atoms with Gasteiger partial charge >= 0.3 is 0 Å². The second-order valence-electron chi connectivity index (χ2n) is 7.20. The summed E-state index contributed by atoms with van der Waals surface area (Å²) in [4.78, 5) is 26.2. The zero-order valence-corrected chi connectivity index (χ0v) is 16.4. The van der Waals surface area contributed by atoms with Crippen LogP contribution >= 0.6 is 0 Å². The maximum Gasteiger partial charge on any atom is 0.263 e. The van der Waals surface area contributed by atoms with E-state index >= 15 is 0 Å². The molecule has 3 aromatic rings. The van der Waals surface area contributed by atoms with Crippen molar-refractivity contribution < 1.29 is 14.3 Å². The van der Waals surface area contributed by atoms with Crippen LogP contribution in [0.5, 0.6) is 5.75 Å². The van der Waals surface area contributed by atoms with Gasteiger partial charge in [-0.25, -0.2) is 0 Å². The first-order valence-corrected chi connectivity index (χ1v) is 9.83. The Balaban J connectivity index is 1.76. The van der Waals surface area contributed by atoms with E-state index in [9.17, 15) is 9.59 Å². The molecule has 29 heavy (non-hydrogen) atoms. The topological polar surface area (TPSA) is 69.6 Å². The summed E-state index contributed by atoms with van der Waals surface area (Å²) in [6.07, 6.45) is 3.51. The maximum absolute atomic E-state index is 13.1. The molecule has 6 heteroatoms. The van der Waals surface area contributed by atoms with Crippen LogP contribution in [0.15, 0.2) is 59.5 Å². The molecule has 2 heterocycles. The SMILES string of the molecule is COc1ccccc1-n1cc(C(=O)NCC2CCOCC2)c2ccccc2c1=O. The molecule has 1 N–H and O–H groups in total. The van der Waals surface area contributed by atoms with Gasteiger partial charge in [-0.3, -0.25) is 14.2 Å². The first kappa shape index (κ1) is 19.2. The molecular formula is C23H24N2O4. The van der Waals surface area contributed by atoms with E-state index in [4.69, 9.17) is 9.47 Å². The van der Waals surface area contributed by atoms with Crippen molar-refractivity contribution in [2.75, 3.05) is 26.9 Å². The van der Waals surface area contributed by atoms with Crippen molar-refractivity contribution >= 4 is 16.7 Å². The lowest BCUT2D eigenvalue weighted by atomic mass is 10.00. The molecule has 1 aliphatic heterocycles. The first-order valence-electron chi connectivity index (χ1n) is 9.83. The molecule has 0 saturated carbocycles. The van der Waals surface area contributed by atoms with E-state index in [0.717, 1.165) is 26.1 Å². The highest BCUT2D eigenvalue weighted by Gasteiger charge is 2.19. The lowest BCUT2D eigenvalue weighted by Crippen LogP contribution is -2.33. The van der Waals surface area contributed by atoms with Crippen LogP contribution in [0, 0.1) is 5.92 Å². The summed E-state index contributed by atoms with van der Waals surface area (Å²) in [6, 6.07) is 14.5. The number of hydrogen-bond donors (Lipinski definition) is 1. The zero-order chi connectivity index (χ0) is 20.2. The van der Waals surface area contributed by atoms with Crippen LogP contribution in [0.2, 0.25) is 0 Å². The van der Waals surface area contributed by atoms with Gasteiger partial charge in [0, 0.05) is 36.7 Å². The van der Waals surface area contributed by atoms with Gasteiger partial charge in [0.25, 0.3) is 11.5 Å². The number of ether oxygens (including phenoxy) is 2. The number of nitrogens with one attached hydrogen (secondary N) is 1. The molecule has 0 radical (unpaired) electrons. The van der Waals surface area contributed by atoms with Crippen LogP contribution < -0.4 is 15.6 Å². The van der Waals surface area contributed by atoms with Gasteiger partial charge < -0.3 is 14.8 Å². The van der Waals surface area contributed by atoms with Crippen LogP contribution in [0.1, 0.15) is 23.2 Å². The smallest absolute Gasteiger partial charge is 0.263 e. The summed E-state index contributed by atoms with van der Waals surface area (Å²) in [7, 11) is 1.56. The third-order valence-corrected chi connectivity index (χ3v) is 5.41. The summed E-state index contributed by atoms with van der Waals surface area (Å²) in [6.45, 7) is 2.08. The normalized spacial score (nSPS) is 14.7. The molecular weight excluding hydrogens is 368 g/mol. The fourth-order valence-corrected chi connectivity index (χ4v) is 3.76. The Labute approximate surface area is 169 Å². The molecule has 150 valence electrons. The summed E-state index contributed by atoms with van der Waals surface area (Å²) < 4.78 is 12.3. The van der Waals surface area contributed by atoms with Crippen molar-refractivity contribution in [2.45, 2.75) is 12.8 Å². The summed E-state index contributed by atoms with van der Waals surface area (Å²) >= 11 is 0. The van der Waals surface area contributed by atoms with Crippen molar-refractivity contribution in [1.29, 1.82) is 0 Å². The molecule has 2 aromatic carbocycles. The highest BCUT2D eigenvalue weighted by molar-refractivity contribution is 6.06. The first-order chi connectivity index (χ1) is 14.2. The number of hydrogen-bond acceptors (Lipinski definition) is 4. The van der Waals surface area contributed by atoms with Crippen molar-refractivity contribution in [3.8, 4) is 11.4 Å².